The Labute approximate surface area is 343 Å². The number of hydrogen-bond acceptors (Lipinski definition) is 6. The van der Waals surface area contributed by atoms with Gasteiger partial charge in [-0.25, -0.2) is 0 Å². The van der Waals surface area contributed by atoms with Gasteiger partial charge in [0, 0.05) is 19.3 Å². The van der Waals surface area contributed by atoms with E-state index in [0.717, 1.165) is 128 Å². The molecule has 0 heterocycles. The van der Waals surface area contributed by atoms with Crippen molar-refractivity contribution >= 4 is 17.9 Å². The second kappa shape index (κ2) is 44.0. The zero-order chi connectivity index (χ0) is 40.8. The molecule has 0 aliphatic heterocycles. The molecule has 0 aliphatic rings. The molecule has 0 aromatic heterocycles. The first-order valence-electron chi connectivity index (χ1n) is 22.3. The van der Waals surface area contributed by atoms with Crippen molar-refractivity contribution in [1.29, 1.82) is 0 Å². The van der Waals surface area contributed by atoms with Gasteiger partial charge in [-0.3, -0.25) is 14.4 Å². The molecule has 0 aromatic carbocycles. The summed E-state index contributed by atoms with van der Waals surface area (Å²) in [7, 11) is 0. The maximum Gasteiger partial charge on any atom is 0.306 e. The molecular formula is C50H80O6. The molecule has 1 unspecified atom stereocenters. The summed E-state index contributed by atoms with van der Waals surface area (Å²) in [6, 6.07) is 0. The van der Waals surface area contributed by atoms with Crippen LogP contribution in [0.4, 0.5) is 0 Å². The van der Waals surface area contributed by atoms with Crippen molar-refractivity contribution in [1.82, 2.24) is 0 Å². The van der Waals surface area contributed by atoms with Crippen LogP contribution < -0.4 is 0 Å². The zero-order valence-electron chi connectivity index (χ0n) is 35.9. The second-order valence-electron chi connectivity index (χ2n) is 14.2. The molecule has 0 radical (unpaired) electrons. The summed E-state index contributed by atoms with van der Waals surface area (Å²) in [5.74, 6) is -0.988. The van der Waals surface area contributed by atoms with E-state index in [0.29, 0.717) is 19.3 Å². The number of rotatable bonds is 38. The minimum atomic E-state index is -0.805. The van der Waals surface area contributed by atoms with Gasteiger partial charge in [0.25, 0.3) is 0 Å². The van der Waals surface area contributed by atoms with Gasteiger partial charge in [-0.05, 0) is 96.3 Å². The number of esters is 3. The van der Waals surface area contributed by atoms with E-state index in [-0.39, 0.29) is 31.1 Å². The normalized spacial score (nSPS) is 13.0. The average Bonchev–Trinajstić information content (AvgIpc) is 3.19. The number of unbranched alkanes of at least 4 members (excludes halogenated alkanes) is 13. The van der Waals surface area contributed by atoms with Gasteiger partial charge >= 0.3 is 17.9 Å². The lowest BCUT2D eigenvalue weighted by molar-refractivity contribution is -0.167. The Kier molecular flexibility index (Phi) is 41.2. The first-order chi connectivity index (χ1) is 27.5. The summed E-state index contributed by atoms with van der Waals surface area (Å²) in [6.07, 6.45) is 56.9. The SMILES string of the molecule is CC\C=C/C=C\C=C/CCCCCCCC(=O)OC(COC(=O)CCCC/C=C\C/C=C\CC)COC(=O)CCCCCCCC/C=C\C/C=C\C/C=C\CC. The van der Waals surface area contributed by atoms with E-state index >= 15 is 0 Å². The molecule has 0 rings (SSSR count). The van der Waals surface area contributed by atoms with E-state index in [9.17, 15) is 14.4 Å². The number of carbonyl (C=O) groups is 3. The summed E-state index contributed by atoms with van der Waals surface area (Å²) in [5.41, 5.74) is 0. The Morgan fingerprint density at radius 1 is 0.375 bits per heavy atom. The number of allylic oxidation sites excluding steroid dienone is 16. The molecule has 0 amide bonds. The van der Waals surface area contributed by atoms with Crippen molar-refractivity contribution in [3.05, 3.63) is 97.2 Å². The quantitative estimate of drug-likeness (QED) is 0.0204. The molecular weight excluding hydrogens is 697 g/mol. The summed E-state index contributed by atoms with van der Waals surface area (Å²) in [5, 5.41) is 0. The smallest absolute Gasteiger partial charge is 0.306 e. The van der Waals surface area contributed by atoms with Crippen LogP contribution in [-0.4, -0.2) is 37.2 Å². The van der Waals surface area contributed by atoms with E-state index in [1.54, 1.807) is 0 Å². The van der Waals surface area contributed by atoms with E-state index in [1.165, 1.54) is 12.8 Å². The lowest BCUT2D eigenvalue weighted by Crippen LogP contribution is -2.30. The van der Waals surface area contributed by atoms with E-state index < -0.39 is 6.10 Å². The van der Waals surface area contributed by atoms with Crippen molar-refractivity contribution in [2.75, 3.05) is 13.2 Å². The molecule has 6 heteroatoms. The Balaban J connectivity index is 4.45. The molecule has 0 fully saturated rings. The van der Waals surface area contributed by atoms with Gasteiger partial charge in [0.05, 0.1) is 0 Å². The molecule has 1 atom stereocenters. The fraction of sp³-hybridized carbons (Fsp3) is 0.620. The van der Waals surface area contributed by atoms with Crippen LogP contribution >= 0.6 is 0 Å². The van der Waals surface area contributed by atoms with Gasteiger partial charge in [0.2, 0.25) is 0 Å². The Hall–Kier alpha value is -3.67. The van der Waals surface area contributed by atoms with Crippen molar-refractivity contribution in [3.63, 3.8) is 0 Å². The highest BCUT2D eigenvalue weighted by molar-refractivity contribution is 5.71. The Bertz CT molecular complexity index is 1170. The van der Waals surface area contributed by atoms with E-state index in [2.05, 4.69) is 112 Å². The van der Waals surface area contributed by atoms with Gasteiger partial charge < -0.3 is 14.2 Å². The molecule has 56 heavy (non-hydrogen) atoms. The highest BCUT2D eigenvalue weighted by Gasteiger charge is 2.19. The summed E-state index contributed by atoms with van der Waals surface area (Å²) in [6.45, 7) is 6.18. The Morgan fingerprint density at radius 2 is 0.732 bits per heavy atom. The molecule has 6 nitrogen and oxygen atoms in total. The van der Waals surface area contributed by atoms with Crippen LogP contribution in [-0.2, 0) is 28.6 Å². The van der Waals surface area contributed by atoms with Crippen molar-refractivity contribution in [2.24, 2.45) is 0 Å². The van der Waals surface area contributed by atoms with Crippen LogP contribution in [0, 0.1) is 0 Å². The minimum Gasteiger partial charge on any atom is -0.462 e. The Morgan fingerprint density at radius 3 is 1.23 bits per heavy atom. The highest BCUT2D eigenvalue weighted by atomic mass is 16.6. The van der Waals surface area contributed by atoms with Crippen molar-refractivity contribution < 1.29 is 28.6 Å². The largest absolute Gasteiger partial charge is 0.462 e. The van der Waals surface area contributed by atoms with Gasteiger partial charge in [-0.1, -0.05) is 163 Å². The number of carbonyl (C=O) groups excluding carboxylic acids is 3. The summed E-state index contributed by atoms with van der Waals surface area (Å²) < 4.78 is 16.6. The van der Waals surface area contributed by atoms with Crippen LogP contribution in [0.1, 0.15) is 181 Å². The third-order valence-electron chi connectivity index (χ3n) is 8.88. The van der Waals surface area contributed by atoms with Crippen LogP contribution in [0.2, 0.25) is 0 Å². The molecule has 316 valence electrons. The van der Waals surface area contributed by atoms with Gasteiger partial charge in [-0.15, -0.1) is 0 Å². The predicted octanol–water partition coefficient (Wildman–Crippen LogP) is 14.2. The maximum atomic E-state index is 12.7. The molecule has 0 saturated carbocycles. The summed E-state index contributed by atoms with van der Waals surface area (Å²) in [4.78, 5) is 37.7. The third kappa shape index (κ3) is 41.5. The number of ether oxygens (including phenoxy) is 3. The monoisotopic (exact) mass is 777 g/mol. The lowest BCUT2D eigenvalue weighted by atomic mass is 10.1. The van der Waals surface area contributed by atoms with Crippen molar-refractivity contribution in [3.8, 4) is 0 Å². The molecule has 0 bridgehead atoms. The van der Waals surface area contributed by atoms with E-state index in [1.807, 2.05) is 6.08 Å². The highest BCUT2D eigenvalue weighted by Crippen LogP contribution is 2.12. The van der Waals surface area contributed by atoms with Crippen LogP contribution in [0.15, 0.2) is 97.2 Å². The number of hydrogen-bond donors (Lipinski definition) is 0. The van der Waals surface area contributed by atoms with E-state index in [4.69, 9.17) is 14.2 Å². The fourth-order valence-electron chi connectivity index (χ4n) is 5.61. The van der Waals surface area contributed by atoms with Crippen molar-refractivity contribution in [2.45, 2.75) is 187 Å². The minimum absolute atomic E-state index is 0.105. The second-order valence-corrected chi connectivity index (χ2v) is 14.2. The fourth-order valence-corrected chi connectivity index (χ4v) is 5.61. The molecule has 0 spiro atoms. The third-order valence-corrected chi connectivity index (χ3v) is 8.88. The average molecular weight is 777 g/mol. The lowest BCUT2D eigenvalue weighted by Gasteiger charge is -2.18. The summed E-state index contributed by atoms with van der Waals surface area (Å²) >= 11 is 0. The van der Waals surface area contributed by atoms with Crippen LogP contribution in [0.25, 0.3) is 0 Å². The van der Waals surface area contributed by atoms with Gasteiger partial charge in [0.1, 0.15) is 13.2 Å². The first kappa shape index (κ1) is 52.3. The molecule has 0 saturated heterocycles. The first-order valence-corrected chi connectivity index (χ1v) is 22.3. The van der Waals surface area contributed by atoms with Crippen LogP contribution in [0.5, 0.6) is 0 Å². The van der Waals surface area contributed by atoms with Crippen LogP contribution in [0.3, 0.4) is 0 Å². The maximum absolute atomic E-state index is 12.7. The molecule has 0 N–H and O–H groups in total. The molecule has 0 aromatic rings. The van der Waals surface area contributed by atoms with Gasteiger partial charge in [-0.2, -0.15) is 0 Å². The standard InChI is InChI=1S/C50H80O6/c1-4-7-10-13-16-19-21-23-24-25-27-28-31-34-37-40-43-49(52)55-46-47(45-54-48(51)42-39-36-33-30-18-15-12-9-6-3)56-50(53)44-41-38-35-32-29-26-22-20-17-14-11-8-5-2/h7-12,14,16-20,22-24,30,47H,4-6,13,15,21,25-29,31-46H2,1-3H3/b10-7-,11-8-,12-9-,17-14-,19-16-,22-20-,24-23-,30-18-. The predicted molar refractivity (Wildman–Crippen MR) is 237 cm³/mol. The zero-order valence-corrected chi connectivity index (χ0v) is 35.9. The molecule has 0 aliphatic carbocycles. The van der Waals surface area contributed by atoms with Gasteiger partial charge in [0.15, 0.2) is 6.10 Å². The topological polar surface area (TPSA) is 78.9 Å².